The first-order valence-electron chi connectivity index (χ1n) is 9.39. The Morgan fingerprint density at radius 3 is 2.54 bits per heavy atom. The number of hydrogen-bond donors (Lipinski definition) is 2. The number of carbonyl (C=O) groups is 2. The predicted octanol–water partition coefficient (Wildman–Crippen LogP) is 1.15. The number of primary sulfonamides is 1. The number of fused-ring (bicyclic) bond motifs is 2. The smallest absolute Gasteiger partial charge is 0.344 e. The minimum atomic E-state index is -3.56. The van der Waals surface area contributed by atoms with Crippen molar-refractivity contribution in [2.24, 2.45) is 5.14 Å². The molecule has 2 atom stereocenters. The second kappa shape index (κ2) is 7.77. The summed E-state index contributed by atoms with van der Waals surface area (Å²) in [6, 6.07) is -1.24. The van der Waals surface area contributed by atoms with E-state index >= 15 is 0 Å². The highest BCUT2D eigenvalue weighted by molar-refractivity contribution is 7.89. The quantitative estimate of drug-likeness (QED) is 0.355. The minimum Gasteiger partial charge on any atom is -0.354 e. The Labute approximate surface area is 168 Å². The number of hydroxylamine groups is 2. The molecule has 2 heterocycles. The molecule has 0 aliphatic carbocycles. The molecule has 0 saturated carbocycles. The molecule has 9 nitrogen and oxygen atoms in total. The lowest BCUT2D eigenvalue weighted by molar-refractivity contribution is -0.124. The van der Waals surface area contributed by atoms with Gasteiger partial charge in [-0.3, -0.25) is 4.79 Å². The third-order valence-electron chi connectivity index (χ3n) is 5.60. The van der Waals surface area contributed by atoms with Crippen molar-refractivity contribution in [3.63, 3.8) is 0 Å². The molecule has 2 rings (SSSR count). The number of amides is 3. The molecular formula is C17H32N4O5SSi. The van der Waals surface area contributed by atoms with Crippen LogP contribution >= 0.6 is 0 Å². The van der Waals surface area contributed by atoms with Crippen LogP contribution in [-0.2, 0) is 19.3 Å². The molecule has 160 valence electrons. The summed E-state index contributed by atoms with van der Waals surface area (Å²) in [5.41, 5.74) is 0.773. The average molecular weight is 433 g/mol. The molecule has 0 aromatic heterocycles. The molecule has 0 radical (unpaired) electrons. The van der Waals surface area contributed by atoms with Crippen LogP contribution in [-0.4, -0.2) is 69.6 Å². The van der Waals surface area contributed by atoms with E-state index in [1.54, 1.807) is 0 Å². The lowest BCUT2D eigenvalue weighted by Gasteiger charge is -2.39. The molecule has 11 heteroatoms. The van der Waals surface area contributed by atoms with Crippen LogP contribution in [0.5, 0.6) is 0 Å². The molecule has 1 fully saturated rings. The van der Waals surface area contributed by atoms with Crippen LogP contribution in [0.1, 0.15) is 34.1 Å². The Balaban J connectivity index is 2.07. The summed E-state index contributed by atoms with van der Waals surface area (Å²) in [6.07, 6.45) is 2.13. The summed E-state index contributed by atoms with van der Waals surface area (Å²) >= 11 is 0. The van der Waals surface area contributed by atoms with Crippen LogP contribution in [0.15, 0.2) is 11.6 Å². The zero-order chi connectivity index (χ0) is 21.5. The highest BCUT2D eigenvalue weighted by Crippen LogP contribution is 2.39. The molecule has 3 amide bonds. The van der Waals surface area contributed by atoms with Crippen LogP contribution in [0.3, 0.4) is 0 Å². The van der Waals surface area contributed by atoms with Gasteiger partial charge < -0.3 is 14.7 Å². The summed E-state index contributed by atoms with van der Waals surface area (Å²) in [5.74, 6) is -0.532. The maximum Gasteiger partial charge on any atom is 0.344 e. The minimum absolute atomic E-state index is 0.0574. The van der Waals surface area contributed by atoms with Gasteiger partial charge in [-0.2, -0.15) is 0 Å². The Morgan fingerprint density at radius 2 is 2.00 bits per heavy atom. The molecule has 0 aromatic rings. The van der Waals surface area contributed by atoms with E-state index in [0.717, 1.165) is 5.57 Å². The molecule has 28 heavy (non-hydrogen) atoms. The van der Waals surface area contributed by atoms with Gasteiger partial charge in [-0.25, -0.2) is 23.4 Å². The maximum atomic E-state index is 13.0. The molecule has 0 unspecified atom stereocenters. The van der Waals surface area contributed by atoms with E-state index in [0.29, 0.717) is 6.54 Å². The first-order valence-corrected chi connectivity index (χ1v) is 14.0. The first kappa shape index (κ1) is 22.9. The van der Waals surface area contributed by atoms with Crippen molar-refractivity contribution in [1.29, 1.82) is 0 Å². The second-order valence-electron chi connectivity index (χ2n) is 9.00. The van der Waals surface area contributed by atoms with Crippen LogP contribution in [0.2, 0.25) is 18.1 Å². The molecule has 1 saturated heterocycles. The third-order valence-corrected chi connectivity index (χ3v) is 10.7. The average Bonchev–Trinajstić information content (AvgIpc) is 2.74. The molecular weight excluding hydrogens is 400 g/mol. The Bertz CT molecular complexity index is 775. The van der Waals surface area contributed by atoms with Crippen molar-refractivity contribution in [2.45, 2.75) is 64.3 Å². The molecule has 3 N–H and O–H groups in total. The van der Waals surface area contributed by atoms with Crippen molar-refractivity contribution < 1.29 is 22.5 Å². The summed E-state index contributed by atoms with van der Waals surface area (Å²) in [5, 5.41) is 9.03. The van der Waals surface area contributed by atoms with E-state index in [-0.39, 0.29) is 41.7 Å². The number of urea groups is 1. The van der Waals surface area contributed by atoms with Gasteiger partial charge in [-0.15, -0.1) is 0 Å². The number of sulfonamides is 1. The van der Waals surface area contributed by atoms with Crippen molar-refractivity contribution >= 4 is 30.3 Å². The fourth-order valence-corrected chi connectivity index (χ4v) is 4.54. The fraction of sp³-hybridized carbons (Fsp3) is 0.765. The monoisotopic (exact) mass is 432 g/mol. The molecule has 2 aliphatic heterocycles. The lowest BCUT2D eigenvalue weighted by atomic mass is 10.00. The van der Waals surface area contributed by atoms with Gasteiger partial charge in [-0.05, 0) is 37.0 Å². The van der Waals surface area contributed by atoms with E-state index in [4.69, 9.17) is 9.67 Å². The Kier molecular flexibility index (Phi) is 6.34. The van der Waals surface area contributed by atoms with E-state index in [9.17, 15) is 18.0 Å². The van der Waals surface area contributed by atoms with Crippen molar-refractivity contribution in [1.82, 2.24) is 15.3 Å². The molecule has 0 aromatic carbocycles. The first-order chi connectivity index (χ1) is 12.6. The number of carbonyl (C=O) groups excluding carboxylic acids is 2. The van der Waals surface area contributed by atoms with Gasteiger partial charge in [0.15, 0.2) is 0 Å². The predicted molar refractivity (Wildman–Crippen MR) is 109 cm³/mol. The molecule has 0 spiro atoms. The van der Waals surface area contributed by atoms with Crippen LogP contribution in [0, 0.1) is 0 Å². The van der Waals surface area contributed by atoms with E-state index < -0.39 is 24.4 Å². The number of nitrogens with one attached hydrogen (secondary N) is 1. The topological polar surface area (TPSA) is 122 Å². The summed E-state index contributed by atoms with van der Waals surface area (Å²) in [7, 11) is -5.77. The van der Waals surface area contributed by atoms with Gasteiger partial charge in [0.05, 0.1) is 18.3 Å². The second-order valence-corrected chi connectivity index (χ2v) is 15.4. The highest BCUT2D eigenvalue weighted by atomic mass is 32.2. The van der Waals surface area contributed by atoms with Gasteiger partial charge >= 0.3 is 6.03 Å². The van der Waals surface area contributed by atoms with E-state index in [2.05, 4.69) is 39.2 Å². The van der Waals surface area contributed by atoms with Crippen molar-refractivity contribution in [3.8, 4) is 0 Å². The number of hydrogen-bond acceptors (Lipinski definition) is 5. The van der Waals surface area contributed by atoms with Gasteiger partial charge in [0.2, 0.25) is 24.2 Å². The van der Waals surface area contributed by atoms with Crippen molar-refractivity contribution in [2.75, 3.05) is 18.8 Å². The molecule has 2 aliphatic rings. The number of nitrogens with zero attached hydrogens (tertiary/aromatic N) is 2. The normalized spacial score (nSPS) is 23.1. The maximum absolute atomic E-state index is 13.0. The summed E-state index contributed by atoms with van der Waals surface area (Å²) < 4.78 is 28.2. The van der Waals surface area contributed by atoms with Gasteiger partial charge in [0, 0.05) is 6.54 Å². The summed E-state index contributed by atoms with van der Waals surface area (Å²) in [6.45, 7) is 12.8. The lowest BCUT2D eigenvalue weighted by Crippen LogP contribution is -2.51. The number of rotatable bonds is 7. The summed E-state index contributed by atoms with van der Waals surface area (Å²) in [4.78, 5) is 27.1. The van der Waals surface area contributed by atoms with Crippen molar-refractivity contribution in [3.05, 3.63) is 11.6 Å². The molecule has 2 bridgehead atoms. The van der Waals surface area contributed by atoms with Gasteiger partial charge in [0.1, 0.15) is 6.04 Å². The Hall–Kier alpha value is -1.43. The SMILES string of the molecule is CC1=C[C@@H]2CN(C(=O)N2O[Si](C)(C)C(C)(C)C)[C@@H]1C(=O)NCCCS(N)(=O)=O. The third kappa shape index (κ3) is 4.94. The zero-order valence-electron chi connectivity index (χ0n) is 17.5. The standard InChI is InChI=1S/C17H32N4O5SSi/c1-12-10-13-11-20(14(12)15(22)19-8-7-9-27(18,24)25)16(23)21(13)26-28(5,6)17(2,3)4/h10,13-14H,7-9,11H2,1-6H3,(H,19,22)(H2,18,24,25)/t13-,14+/m1/s1. The fourth-order valence-electron chi connectivity index (χ4n) is 3.02. The van der Waals surface area contributed by atoms with Gasteiger partial charge in [-0.1, -0.05) is 26.8 Å². The van der Waals surface area contributed by atoms with E-state index in [1.165, 1.54) is 9.96 Å². The number of nitrogens with two attached hydrogens (primary N) is 1. The van der Waals surface area contributed by atoms with Crippen LogP contribution in [0.4, 0.5) is 4.79 Å². The van der Waals surface area contributed by atoms with Gasteiger partial charge in [0.25, 0.3) is 0 Å². The van der Waals surface area contributed by atoms with Crippen LogP contribution in [0.25, 0.3) is 0 Å². The Morgan fingerprint density at radius 1 is 1.39 bits per heavy atom. The highest BCUT2D eigenvalue weighted by Gasteiger charge is 2.50. The largest absolute Gasteiger partial charge is 0.354 e. The zero-order valence-corrected chi connectivity index (χ0v) is 19.3. The van der Waals surface area contributed by atoms with Crippen LogP contribution < -0.4 is 10.5 Å². The van der Waals surface area contributed by atoms with E-state index in [1.807, 2.05) is 13.0 Å².